The Morgan fingerprint density at radius 3 is 2.57 bits per heavy atom. The number of fused-ring (bicyclic) bond motifs is 1. The lowest BCUT2D eigenvalue weighted by Gasteiger charge is -2.31. The van der Waals surface area contributed by atoms with E-state index in [0.29, 0.717) is 5.92 Å². The molecule has 3 N–H and O–H groups in total. The van der Waals surface area contributed by atoms with Crippen molar-refractivity contribution in [3.63, 3.8) is 0 Å². The van der Waals surface area contributed by atoms with E-state index in [1.165, 1.54) is 34.9 Å². The molecular weight excluding hydrogens is 496 g/mol. The van der Waals surface area contributed by atoms with Crippen molar-refractivity contribution >= 4 is 34.4 Å². The first-order chi connectivity index (χ1) is 17.9. The van der Waals surface area contributed by atoms with Crippen molar-refractivity contribution in [2.24, 2.45) is 0 Å². The number of aromatic nitrogens is 3. The summed E-state index contributed by atoms with van der Waals surface area (Å²) in [7, 11) is 1.69. The molecule has 0 amide bonds. The molecule has 1 aliphatic heterocycles. The van der Waals surface area contributed by atoms with Crippen molar-refractivity contribution in [2.75, 3.05) is 26.7 Å². The maximum absolute atomic E-state index is 9.10. The molecule has 1 aliphatic rings. The van der Waals surface area contributed by atoms with Gasteiger partial charge in [-0.2, -0.15) is 5.10 Å². The number of para-hydroxylation sites is 2. The number of nitrogens with zero attached hydrogens (tertiary/aromatic N) is 3. The van der Waals surface area contributed by atoms with Crippen LogP contribution in [0.4, 0.5) is 0 Å². The zero-order chi connectivity index (χ0) is 26.4. The summed E-state index contributed by atoms with van der Waals surface area (Å²) in [6.45, 7) is 3.31. The van der Waals surface area contributed by atoms with Crippen LogP contribution in [0, 0.1) is 0 Å². The van der Waals surface area contributed by atoms with Gasteiger partial charge in [0.15, 0.2) is 0 Å². The number of aliphatic carboxylic acids is 2. The number of likely N-dealkylation sites (tertiary alicyclic amines) is 1. The fourth-order valence-electron chi connectivity index (χ4n) is 4.65. The van der Waals surface area contributed by atoms with Gasteiger partial charge in [-0.1, -0.05) is 23.7 Å². The SMILES string of the molecule is COc1ccccc1-n1cc(CCN2CCC(c3c[nH]c4ccc(Cl)cc34)CC2)cn1.O=C(O)C(=O)O. The van der Waals surface area contributed by atoms with Crippen molar-refractivity contribution < 1.29 is 24.5 Å². The van der Waals surface area contributed by atoms with Crippen molar-refractivity contribution in [1.82, 2.24) is 19.7 Å². The molecule has 0 unspecified atom stereocenters. The molecule has 2 aromatic heterocycles. The highest BCUT2D eigenvalue weighted by molar-refractivity contribution is 6.31. The second-order valence-electron chi connectivity index (χ2n) is 8.88. The molecule has 0 bridgehead atoms. The van der Waals surface area contributed by atoms with Crippen LogP contribution in [0.15, 0.2) is 61.1 Å². The Morgan fingerprint density at radius 1 is 1.14 bits per heavy atom. The van der Waals surface area contributed by atoms with E-state index in [1.807, 2.05) is 41.2 Å². The molecule has 0 spiro atoms. The second-order valence-corrected chi connectivity index (χ2v) is 9.31. The average Bonchev–Trinajstić information content (AvgIpc) is 3.55. The van der Waals surface area contributed by atoms with Crippen LogP contribution in [-0.2, 0) is 16.0 Å². The van der Waals surface area contributed by atoms with Gasteiger partial charge in [-0.25, -0.2) is 14.3 Å². The topological polar surface area (TPSA) is 121 Å². The van der Waals surface area contributed by atoms with Crippen LogP contribution in [0.5, 0.6) is 5.75 Å². The van der Waals surface area contributed by atoms with E-state index in [1.54, 1.807) is 7.11 Å². The standard InChI is InChI=1S/C25H27ClN4O.C2H2O4/c1-31-25-5-3-2-4-24(25)30-17-18(15-28-30)8-11-29-12-9-19(10-13-29)22-16-27-23-7-6-20(26)14-21(22)23;3-1(4)2(5)6/h2-7,14-17,19,27H,8-13H2,1H3;(H,3,4)(H,5,6). The lowest BCUT2D eigenvalue weighted by Crippen LogP contribution is -2.34. The molecule has 0 radical (unpaired) electrons. The molecule has 194 valence electrons. The van der Waals surface area contributed by atoms with Crippen molar-refractivity contribution in [3.05, 3.63) is 77.2 Å². The van der Waals surface area contributed by atoms with E-state index in [-0.39, 0.29) is 0 Å². The normalized spacial score (nSPS) is 14.2. The first-order valence-electron chi connectivity index (χ1n) is 12.0. The van der Waals surface area contributed by atoms with Crippen LogP contribution < -0.4 is 4.74 Å². The predicted molar refractivity (Wildman–Crippen MR) is 141 cm³/mol. The molecule has 2 aromatic carbocycles. The molecule has 4 aromatic rings. The van der Waals surface area contributed by atoms with Crippen LogP contribution in [0.25, 0.3) is 16.6 Å². The zero-order valence-electron chi connectivity index (χ0n) is 20.4. The highest BCUT2D eigenvalue weighted by Crippen LogP contribution is 2.34. The van der Waals surface area contributed by atoms with E-state index < -0.39 is 11.9 Å². The minimum Gasteiger partial charge on any atom is -0.494 e. The zero-order valence-corrected chi connectivity index (χ0v) is 21.2. The Labute approximate surface area is 219 Å². The molecule has 0 atom stereocenters. The third kappa shape index (κ3) is 6.49. The molecule has 1 saturated heterocycles. The first-order valence-corrected chi connectivity index (χ1v) is 12.4. The number of benzene rings is 2. The Hall–Kier alpha value is -3.82. The number of hydrogen-bond donors (Lipinski definition) is 3. The molecule has 0 saturated carbocycles. The number of carbonyl (C=O) groups is 2. The summed E-state index contributed by atoms with van der Waals surface area (Å²) < 4.78 is 7.36. The summed E-state index contributed by atoms with van der Waals surface area (Å²) in [6, 6.07) is 14.1. The summed E-state index contributed by atoms with van der Waals surface area (Å²) in [5.41, 5.74) is 4.80. The molecule has 37 heavy (non-hydrogen) atoms. The quantitative estimate of drug-likeness (QED) is 0.315. The van der Waals surface area contributed by atoms with E-state index in [0.717, 1.165) is 42.5 Å². The third-order valence-corrected chi connectivity index (χ3v) is 6.81. The Bertz CT molecular complexity index is 1360. The van der Waals surface area contributed by atoms with E-state index in [4.69, 9.17) is 36.1 Å². The molecule has 5 rings (SSSR count). The van der Waals surface area contributed by atoms with Gasteiger partial charge in [-0.05, 0) is 79.7 Å². The average molecular weight is 525 g/mol. The molecule has 10 heteroatoms. The third-order valence-electron chi connectivity index (χ3n) is 6.57. The molecule has 3 heterocycles. The van der Waals surface area contributed by atoms with Gasteiger partial charge in [0.2, 0.25) is 0 Å². The highest BCUT2D eigenvalue weighted by Gasteiger charge is 2.23. The fourth-order valence-corrected chi connectivity index (χ4v) is 4.82. The van der Waals surface area contributed by atoms with Gasteiger partial charge in [-0.15, -0.1) is 0 Å². The smallest absolute Gasteiger partial charge is 0.414 e. The maximum atomic E-state index is 9.10. The van der Waals surface area contributed by atoms with Crippen LogP contribution >= 0.6 is 11.6 Å². The summed E-state index contributed by atoms with van der Waals surface area (Å²) in [5, 5.41) is 21.4. The van der Waals surface area contributed by atoms with E-state index in [9.17, 15) is 0 Å². The van der Waals surface area contributed by atoms with Crippen molar-refractivity contribution in [2.45, 2.75) is 25.2 Å². The number of H-pyrrole nitrogens is 1. The number of methoxy groups -OCH3 is 1. The number of hydrogen-bond acceptors (Lipinski definition) is 5. The van der Waals surface area contributed by atoms with Gasteiger partial charge >= 0.3 is 11.9 Å². The second kappa shape index (κ2) is 11.9. The number of carboxylic acids is 2. The Morgan fingerprint density at radius 2 is 1.86 bits per heavy atom. The van der Waals surface area contributed by atoms with E-state index in [2.05, 4.69) is 39.5 Å². The minimum absolute atomic E-state index is 0.594. The van der Waals surface area contributed by atoms with Gasteiger partial charge in [0.05, 0.1) is 13.3 Å². The van der Waals surface area contributed by atoms with Gasteiger partial charge in [0.1, 0.15) is 11.4 Å². The predicted octanol–water partition coefficient (Wildman–Crippen LogP) is 4.59. The molecular formula is C27H29ClN4O5. The number of nitrogens with one attached hydrogen (secondary N) is 1. The van der Waals surface area contributed by atoms with Crippen molar-refractivity contribution in [1.29, 1.82) is 0 Å². The first kappa shape index (κ1) is 26.2. The van der Waals surface area contributed by atoms with Gasteiger partial charge in [-0.3, -0.25) is 0 Å². The number of halogens is 1. The Balaban J connectivity index is 0.000000480. The number of piperidine rings is 1. The number of aromatic amines is 1. The van der Waals surface area contributed by atoms with Gasteiger partial charge in [0.25, 0.3) is 0 Å². The molecule has 9 nitrogen and oxygen atoms in total. The molecule has 0 aliphatic carbocycles. The minimum atomic E-state index is -1.82. The molecule has 1 fully saturated rings. The Kier molecular flexibility index (Phi) is 8.47. The summed E-state index contributed by atoms with van der Waals surface area (Å²) >= 11 is 6.23. The highest BCUT2D eigenvalue weighted by atomic mass is 35.5. The van der Waals surface area contributed by atoms with Gasteiger partial charge < -0.3 is 24.8 Å². The lowest BCUT2D eigenvalue weighted by atomic mass is 9.89. The number of carboxylic acid groups (broad SMARTS) is 2. The summed E-state index contributed by atoms with van der Waals surface area (Å²) in [6.07, 6.45) is 9.62. The van der Waals surface area contributed by atoms with Crippen LogP contribution in [0.2, 0.25) is 5.02 Å². The van der Waals surface area contributed by atoms with Crippen LogP contribution in [-0.4, -0.2) is 68.6 Å². The van der Waals surface area contributed by atoms with Crippen molar-refractivity contribution in [3.8, 4) is 11.4 Å². The van der Waals surface area contributed by atoms with E-state index >= 15 is 0 Å². The summed E-state index contributed by atoms with van der Waals surface area (Å²) in [4.78, 5) is 24.2. The van der Waals surface area contributed by atoms with Crippen LogP contribution in [0.3, 0.4) is 0 Å². The van der Waals surface area contributed by atoms with Gasteiger partial charge in [0, 0.05) is 34.9 Å². The fraction of sp³-hybridized carbons (Fsp3) is 0.296. The monoisotopic (exact) mass is 524 g/mol. The summed E-state index contributed by atoms with van der Waals surface area (Å²) in [5.74, 6) is -2.22. The largest absolute Gasteiger partial charge is 0.494 e. The maximum Gasteiger partial charge on any atom is 0.414 e. The van der Waals surface area contributed by atoms with Crippen LogP contribution in [0.1, 0.15) is 29.9 Å². The number of rotatable bonds is 6. The lowest BCUT2D eigenvalue weighted by molar-refractivity contribution is -0.159. The number of ether oxygens (including phenoxy) is 1.